The zero-order valence-electron chi connectivity index (χ0n) is 17.9. The molecule has 166 valence electrons. The first-order valence-corrected chi connectivity index (χ1v) is 11.4. The van der Waals surface area contributed by atoms with Gasteiger partial charge in [-0.3, -0.25) is 14.3 Å². The molecule has 31 heavy (non-hydrogen) atoms. The minimum absolute atomic E-state index is 0.0187. The van der Waals surface area contributed by atoms with Gasteiger partial charge in [-0.1, -0.05) is 49.9 Å². The van der Waals surface area contributed by atoms with E-state index in [1.165, 1.54) is 0 Å². The molecule has 2 aliphatic heterocycles. The maximum Gasteiger partial charge on any atom is 0.272 e. The normalized spacial score (nSPS) is 18.9. The average Bonchev–Trinajstić information content (AvgIpc) is 3.24. The first-order chi connectivity index (χ1) is 15.1. The van der Waals surface area contributed by atoms with Crippen molar-refractivity contribution in [3.05, 3.63) is 41.0 Å². The molecular formula is C23H29ClN4O3. The summed E-state index contributed by atoms with van der Waals surface area (Å²) in [5.41, 5.74) is 2.22. The Balaban J connectivity index is 1.57. The SMILES string of the molecule is CCCCCC1CN(CC(=O)N2CCOCC2)C(=O)c2cc(-c3ccc(Cl)cc3)nn21. The monoisotopic (exact) mass is 444 g/mol. The number of ether oxygens (including phenoxy) is 1. The Kier molecular flexibility index (Phi) is 6.92. The molecule has 1 aromatic heterocycles. The highest BCUT2D eigenvalue weighted by molar-refractivity contribution is 6.30. The summed E-state index contributed by atoms with van der Waals surface area (Å²) in [5.74, 6) is -0.157. The number of hydrogen-bond donors (Lipinski definition) is 0. The second-order valence-corrected chi connectivity index (χ2v) is 8.63. The Morgan fingerprint density at radius 2 is 1.94 bits per heavy atom. The third-order valence-electron chi connectivity index (χ3n) is 5.99. The van der Waals surface area contributed by atoms with Crippen LogP contribution in [0.25, 0.3) is 11.3 Å². The van der Waals surface area contributed by atoms with Crippen molar-refractivity contribution >= 4 is 23.4 Å². The van der Waals surface area contributed by atoms with Crippen molar-refractivity contribution in [2.45, 2.75) is 38.6 Å². The van der Waals surface area contributed by atoms with E-state index in [9.17, 15) is 9.59 Å². The van der Waals surface area contributed by atoms with Gasteiger partial charge in [-0.25, -0.2) is 0 Å². The fourth-order valence-corrected chi connectivity index (χ4v) is 4.35. The summed E-state index contributed by atoms with van der Waals surface area (Å²) in [4.78, 5) is 29.5. The molecular weight excluding hydrogens is 416 g/mol. The van der Waals surface area contributed by atoms with Crippen molar-refractivity contribution in [1.82, 2.24) is 19.6 Å². The number of halogens is 1. The van der Waals surface area contributed by atoms with Crippen molar-refractivity contribution < 1.29 is 14.3 Å². The number of aromatic nitrogens is 2. The smallest absolute Gasteiger partial charge is 0.272 e. The second kappa shape index (κ2) is 9.83. The molecule has 0 spiro atoms. The summed E-state index contributed by atoms with van der Waals surface area (Å²) in [6, 6.07) is 9.37. The summed E-state index contributed by atoms with van der Waals surface area (Å²) in [5, 5.41) is 5.44. The Morgan fingerprint density at radius 1 is 1.19 bits per heavy atom. The van der Waals surface area contributed by atoms with Crippen LogP contribution in [0.1, 0.15) is 49.1 Å². The van der Waals surface area contributed by atoms with E-state index in [2.05, 4.69) is 6.92 Å². The molecule has 1 fully saturated rings. The lowest BCUT2D eigenvalue weighted by atomic mass is 10.0. The van der Waals surface area contributed by atoms with Gasteiger partial charge in [-0.05, 0) is 24.6 Å². The van der Waals surface area contributed by atoms with Gasteiger partial charge in [0, 0.05) is 30.2 Å². The van der Waals surface area contributed by atoms with Crippen LogP contribution in [-0.2, 0) is 9.53 Å². The van der Waals surface area contributed by atoms with Crippen molar-refractivity contribution in [1.29, 1.82) is 0 Å². The van der Waals surface area contributed by atoms with Crippen LogP contribution in [-0.4, -0.2) is 70.8 Å². The third kappa shape index (κ3) is 4.93. The summed E-state index contributed by atoms with van der Waals surface area (Å²) in [7, 11) is 0. The molecule has 2 aromatic rings. The van der Waals surface area contributed by atoms with Gasteiger partial charge in [0.05, 0.1) is 24.9 Å². The molecule has 7 nitrogen and oxygen atoms in total. The fraction of sp³-hybridized carbons (Fsp3) is 0.522. The first kappa shape index (κ1) is 21.8. The highest BCUT2D eigenvalue weighted by Gasteiger charge is 2.34. The molecule has 1 atom stereocenters. The maximum absolute atomic E-state index is 13.3. The van der Waals surface area contributed by atoms with Crippen LogP contribution in [0.5, 0.6) is 0 Å². The van der Waals surface area contributed by atoms with Gasteiger partial charge in [0.25, 0.3) is 5.91 Å². The summed E-state index contributed by atoms with van der Waals surface area (Å²) in [6.07, 6.45) is 4.26. The standard InChI is InChI=1S/C23H29ClN4O3/c1-2-3-4-5-19-15-27(16-22(29)26-10-12-31-13-11-26)23(30)21-14-20(25-28(19)21)17-6-8-18(24)9-7-17/h6-9,14,19H,2-5,10-13,15-16H2,1H3. The van der Waals surface area contributed by atoms with Gasteiger partial charge in [-0.15, -0.1) is 0 Å². The second-order valence-electron chi connectivity index (χ2n) is 8.19. The predicted octanol–water partition coefficient (Wildman–Crippen LogP) is 3.64. The molecule has 0 bridgehead atoms. The van der Waals surface area contributed by atoms with E-state index in [0.717, 1.165) is 36.9 Å². The zero-order chi connectivity index (χ0) is 21.8. The fourth-order valence-electron chi connectivity index (χ4n) is 4.23. The Labute approximate surface area is 187 Å². The third-order valence-corrected chi connectivity index (χ3v) is 6.24. The number of nitrogens with zero attached hydrogens (tertiary/aromatic N) is 4. The largest absolute Gasteiger partial charge is 0.378 e. The van der Waals surface area contributed by atoms with Crippen LogP contribution in [0.3, 0.4) is 0 Å². The minimum Gasteiger partial charge on any atom is -0.378 e. The number of carbonyl (C=O) groups excluding carboxylic acids is 2. The van der Waals surface area contributed by atoms with Crippen molar-refractivity contribution in [2.75, 3.05) is 39.4 Å². The quantitative estimate of drug-likeness (QED) is 0.611. The number of benzene rings is 1. The number of amides is 2. The van der Waals surface area contributed by atoms with Crippen molar-refractivity contribution in [3.63, 3.8) is 0 Å². The molecule has 3 heterocycles. The van der Waals surface area contributed by atoms with Crippen LogP contribution in [0.2, 0.25) is 5.02 Å². The summed E-state index contributed by atoms with van der Waals surface area (Å²) in [6.45, 7) is 5.06. The lowest BCUT2D eigenvalue weighted by molar-refractivity contribution is -0.136. The van der Waals surface area contributed by atoms with Gasteiger partial charge < -0.3 is 14.5 Å². The number of hydrogen-bond acceptors (Lipinski definition) is 4. The number of fused-ring (bicyclic) bond motifs is 1. The number of morpholine rings is 1. The highest BCUT2D eigenvalue weighted by Crippen LogP contribution is 2.30. The van der Waals surface area contributed by atoms with Crippen LogP contribution < -0.4 is 0 Å². The Morgan fingerprint density at radius 3 is 2.65 bits per heavy atom. The number of carbonyl (C=O) groups is 2. The van der Waals surface area contributed by atoms with Gasteiger partial charge >= 0.3 is 0 Å². The van der Waals surface area contributed by atoms with E-state index >= 15 is 0 Å². The van der Waals surface area contributed by atoms with Crippen LogP contribution in [0, 0.1) is 0 Å². The lowest BCUT2D eigenvalue weighted by Gasteiger charge is -2.35. The molecule has 1 unspecified atom stereocenters. The molecule has 1 saturated heterocycles. The van der Waals surface area contributed by atoms with E-state index in [1.54, 1.807) is 9.80 Å². The van der Waals surface area contributed by atoms with Crippen LogP contribution in [0.4, 0.5) is 0 Å². The van der Waals surface area contributed by atoms with E-state index in [0.29, 0.717) is 43.6 Å². The van der Waals surface area contributed by atoms with Gasteiger partial charge in [-0.2, -0.15) is 5.10 Å². The molecule has 2 amide bonds. The predicted molar refractivity (Wildman–Crippen MR) is 119 cm³/mol. The molecule has 0 N–H and O–H groups in total. The maximum atomic E-state index is 13.3. The molecule has 0 saturated carbocycles. The minimum atomic E-state index is -0.138. The van der Waals surface area contributed by atoms with E-state index in [1.807, 2.05) is 35.0 Å². The van der Waals surface area contributed by atoms with E-state index in [-0.39, 0.29) is 24.4 Å². The number of unbranched alkanes of at least 4 members (excludes halogenated alkanes) is 2. The topological polar surface area (TPSA) is 67.7 Å². The molecule has 0 aliphatic carbocycles. The summed E-state index contributed by atoms with van der Waals surface area (Å²) >= 11 is 6.02. The molecule has 4 rings (SSSR count). The number of rotatable bonds is 7. The summed E-state index contributed by atoms with van der Waals surface area (Å²) < 4.78 is 7.21. The molecule has 2 aliphatic rings. The highest BCUT2D eigenvalue weighted by atomic mass is 35.5. The lowest BCUT2D eigenvalue weighted by Crippen LogP contribution is -2.50. The van der Waals surface area contributed by atoms with Crippen molar-refractivity contribution in [2.24, 2.45) is 0 Å². The van der Waals surface area contributed by atoms with Crippen LogP contribution >= 0.6 is 11.6 Å². The van der Waals surface area contributed by atoms with Gasteiger partial charge in [0.2, 0.25) is 5.91 Å². The van der Waals surface area contributed by atoms with Crippen LogP contribution in [0.15, 0.2) is 30.3 Å². The van der Waals surface area contributed by atoms with E-state index < -0.39 is 0 Å². The molecule has 1 aromatic carbocycles. The Hall–Kier alpha value is -2.38. The molecule has 0 radical (unpaired) electrons. The van der Waals surface area contributed by atoms with Gasteiger partial charge in [0.1, 0.15) is 12.2 Å². The molecule has 8 heteroatoms. The van der Waals surface area contributed by atoms with E-state index in [4.69, 9.17) is 21.4 Å². The Bertz CT molecular complexity index is 921. The zero-order valence-corrected chi connectivity index (χ0v) is 18.7. The van der Waals surface area contributed by atoms with Gasteiger partial charge in [0.15, 0.2) is 0 Å². The average molecular weight is 445 g/mol. The van der Waals surface area contributed by atoms with Crippen molar-refractivity contribution in [3.8, 4) is 11.3 Å². The first-order valence-electron chi connectivity index (χ1n) is 11.1.